The highest BCUT2D eigenvalue weighted by atomic mass is 32.1. The molecule has 1 heterocycles. The topological polar surface area (TPSA) is 37.8 Å². The van der Waals surface area contributed by atoms with E-state index in [2.05, 4.69) is 11.9 Å². The number of nitrogens with zero attached hydrogens (tertiary/aromatic N) is 1. The van der Waals surface area contributed by atoms with Gasteiger partial charge in [-0.1, -0.05) is 13.3 Å². The Morgan fingerprint density at radius 1 is 1.77 bits per heavy atom. The SMILES string of the molecule is CCC1CC1n1ccc(=O)[nH]c1=S. The summed E-state index contributed by atoms with van der Waals surface area (Å²) >= 11 is 5.06. The number of hydrogen-bond acceptors (Lipinski definition) is 2. The lowest BCUT2D eigenvalue weighted by molar-refractivity contribution is 0.618. The minimum absolute atomic E-state index is 0.116. The van der Waals surface area contributed by atoms with Gasteiger partial charge in [-0.3, -0.25) is 9.78 Å². The van der Waals surface area contributed by atoms with Crippen LogP contribution in [0.1, 0.15) is 25.8 Å². The van der Waals surface area contributed by atoms with Crippen molar-refractivity contribution < 1.29 is 0 Å². The Kier molecular flexibility index (Phi) is 2.07. The number of H-pyrrole nitrogens is 1. The van der Waals surface area contributed by atoms with Gasteiger partial charge in [-0.05, 0) is 24.6 Å². The molecule has 2 rings (SSSR count). The van der Waals surface area contributed by atoms with Crippen molar-refractivity contribution >= 4 is 12.2 Å². The molecule has 0 amide bonds. The zero-order valence-electron chi connectivity index (χ0n) is 7.49. The molecule has 0 aromatic carbocycles. The molecule has 13 heavy (non-hydrogen) atoms. The van der Waals surface area contributed by atoms with Gasteiger partial charge in [0.05, 0.1) is 0 Å². The summed E-state index contributed by atoms with van der Waals surface area (Å²) < 4.78 is 2.54. The van der Waals surface area contributed by atoms with Crippen LogP contribution in [0.25, 0.3) is 0 Å². The average molecular weight is 196 g/mol. The van der Waals surface area contributed by atoms with Crippen molar-refractivity contribution in [2.45, 2.75) is 25.8 Å². The van der Waals surface area contributed by atoms with Gasteiger partial charge in [-0.2, -0.15) is 0 Å². The first-order chi connectivity index (χ1) is 6.22. The van der Waals surface area contributed by atoms with E-state index in [0.29, 0.717) is 10.8 Å². The summed E-state index contributed by atoms with van der Waals surface area (Å²) in [5.41, 5.74) is -0.116. The van der Waals surface area contributed by atoms with Crippen LogP contribution in [0.4, 0.5) is 0 Å². The van der Waals surface area contributed by atoms with Gasteiger partial charge in [0.25, 0.3) is 5.56 Å². The summed E-state index contributed by atoms with van der Waals surface area (Å²) in [5.74, 6) is 0.748. The molecule has 2 unspecified atom stereocenters. The molecule has 70 valence electrons. The molecule has 1 fully saturated rings. The first-order valence-corrected chi connectivity index (χ1v) is 4.94. The van der Waals surface area contributed by atoms with E-state index in [-0.39, 0.29) is 5.56 Å². The van der Waals surface area contributed by atoms with Crippen molar-refractivity contribution in [2.75, 3.05) is 0 Å². The maximum Gasteiger partial charge on any atom is 0.251 e. The average Bonchev–Trinajstić information content (AvgIpc) is 2.83. The lowest BCUT2D eigenvalue weighted by Gasteiger charge is -2.03. The van der Waals surface area contributed by atoms with E-state index in [0.717, 1.165) is 5.92 Å². The first kappa shape index (κ1) is 8.69. The zero-order chi connectivity index (χ0) is 9.42. The van der Waals surface area contributed by atoms with E-state index in [1.165, 1.54) is 18.9 Å². The lowest BCUT2D eigenvalue weighted by Crippen LogP contribution is -2.10. The van der Waals surface area contributed by atoms with Crippen LogP contribution in [0.5, 0.6) is 0 Å². The third-order valence-corrected chi connectivity index (χ3v) is 2.93. The molecular formula is C9H12N2OS. The molecule has 0 saturated heterocycles. The van der Waals surface area contributed by atoms with Gasteiger partial charge in [-0.15, -0.1) is 0 Å². The summed E-state index contributed by atoms with van der Waals surface area (Å²) in [5, 5.41) is 0. The third kappa shape index (κ3) is 1.58. The van der Waals surface area contributed by atoms with Gasteiger partial charge >= 0.3 is 0 Å². The molecule has 0 bridgehead atoms. The molecule has 1 aromatic heterocycles. The van der Waals surface area contributed by atoms with E-state index in [9.17, 15) is 4.79 Å². The van der Waals surface area contributed by atoms with Crippen LogP contribution >= 0.6 is 12.2 Å². The summed E-state index contributed by atoms with van der Waals surface area (Å²) in [6.07, 6.45) is 4.17. The Morgan fingerprint density at radius 3 is 3.08 bits per heavy atom. The Balaban J connectivity index is 2.33. The predicted molar refractivity (Wildman–Crippen MR) is 53.3 cm³/mol. The molecule has 1 N–H and O–H groups in total. The predicted octanol–water partition coefficient (Wildman–Crippen LogP) is 1.88. The van der Waals surface area contributed by atoms with Crippen LogP contribution in [0, 0.1) is 10.7 Å². The first-order valence-electron chi connectivity index (χ1n) is 4.54. The quantitative estimate of drug-likeness (QED) is 0.733. The molecule has 1 saturated carbocycles. The van der Waals surface area contributed by atoms with Crippen molar-refractivity contribution in [1.82, 2.24) is 9.55 Å². The van der Waals surface area contributed by atoms with Gasteiger partial charge in [0.15, 0.2) is 4.77 Å². The number of nitrogens with one attached hydrogen (secondary N) is 1. The monoisotopic (exact) mass is 196 g/mol. The van der Waals surface area contributed by atoms with Crippen LogP contribution in [-0.4, -0.2) is 9.55 Å². The maximum atomic E-state index is 10.9. The second-order valence-electron chi connectivity index (χ2n) is 3.49. The molecule has 1 aliphatic rings. The minimum atomic E-state index is -0.116. The summed E-state index contributed by atoms with van der Waals surface area (Å²) in [7, 11) is 0. The molecule has 3 nitrogen and oxygen atoms in total. The summed E-state index contributed by atoms with van der Waals surface area (Å²) in [4.78, 5) is 13.5. The number of rotatable bonds is 2. The van der Waals surface area contributed by atoms with Crippen molar-refractivity contribution in [3.05, 3.63) is 27.4 Å². The van der Waals surface area contributed by atoms with E-state index in [4.69, 9.17) is 12.2 Å². The normalized spacial score (nSPS) is 25.9. The highest BCUT2D eigenvalue weighted by molar-refractivity contribution is 7.71. The fraction of sp³-hybridized carbons (Fsp3) is 0.556. The maximum absolute atomic E-state index is 10.9. The minimum Gasteiger partial charge on any atom is -0.322 e. The van der Waals surface area contributed by atoms with E-state index >= 15 is 0 Å². The van der Waals surface area contributed by atoms with E-state index in [1.54, 1.807) is 6.20 Å². The van der Waals surface area contributed by atoms with Crippen LogP contribution in [0.3, 0.4) is 0 Å². The van der Waals surface area contributed by atoms with Crippen molar-refractivity contribution in [2.24, 2.45) is 5.92 Å². The fourth-order valence-electron chi connectivity index (χ4n) is 1.70. The largest absolute Gasteiger partial charge is 0.322 e. The highest BCUT2D eigenvalue weighted by Crippen LogP contribution is 2.45. The smallest absolute Gasteiger partial charge is 0.251 e. The molecule has 0 spiro atoms. The molecule has 0 radical (unpaired) electrons. The molecule has 1 aliphatic carbocycles. The Labute approximate surface area is 81.4 Å². The third-order valence-electron chi connectivity index (χ3n) is 2.62. The lowest BCUT2D eigenvalue weighted by atomic mass is 10.3. The Hall–Kier alpha value is -0.900. The highest BCUT2D eigenvalue weighted by Gasteiger charge is 2.36. The fourth-order valence-corrected chi connectivity index (χ4v) is 2.00. The number of aromatic amines is 1. The van der Waals surface area contributed by atoms with E-state index in [1.807, 2.05) is 4.57 Å². The molecule has 4 heteroatoms. The molecule has 2 atom stereocenters. The van der Waals surface area contributed by atoms with Crippen LogP contribution in [-0.2, 0) is 0 Å². The molecule has 0 aliphatic heterocycles. The summed E-state index contributed by atoms with van der Waals surface area (Å²) in [6, 6.07) is 2.05. The van der Waals surface area contributed by atoms with Gasteiger partial charge in [0.1, 0.15) is 0 Å². The van der Waals surface area contributed by atoms with Gasteiger partial charge in [0, 0.05) is 18.3 Å². The van der Waals surface area contributed by atoms with Crippen LogP contribution < -0.4 is 5.56 Å². The Morgan fingerprint density at radius 2 is 2.54 bits per heavy atom. The van der Waals surface area contributed by atoms with Crippen molar-refractivity contribution in [3.8, 4) is 0 Å². The second kappa shape index (κ2) is 3.10. The second-order valence-corrected chi connectivity index (χ2v) is 3.88. The van der Waals surface area contributed by atoms with Gasteiger partial charge in [-0.25, -0.2) is 0 Å². The zero-order valence-corrected chi connectivity index (χ0v) is 8.30. The van der Waals surface area contributed by atoms with Crippen LogP contribution in [0.2, 0.25) is 0 Å². The number of aromatic nitrogens is 2. The van der Waals surface area contributed by atoms with E-state index < -0.39 is 0 Å². The van der Waals surface area contributed by atoms with Crippen molar-refractivity contribution in [3.63, 3.8) is 0 Å². The molecular weight excluding hydrogens is 184 g/mol. The van der Waals surface area contributed by atoms with Gasteiger partial charge < -0.3 is 4.57 Å². The van der Waals surface area contributed by atoms with Gasteiger partial charge in [0.2, 0.25) is 0 Å². The molecule has 1 aromatic rings. The van der Waals surface area contributed by atoms with Crippen molar-refractivity contribution in [1.29, 1.82) is 0 Å². The standard InChI is InChI=1S/C9H12N2OS/c1-2-6-5-7(6)11-4-3-8(12)10-9(11)13/h3-4,6-7H,2,5H2,1H3,(H,10,12,13). The van der Waals surface area contributed by atoms with Crippen LogP contribution in [0.15, 0.2) is 17.1 Å². The number of hydrogen-bond donors (Lipinski definition) is 1. The Bertz CT molecular complexity index is 420. The summed E-state index contributed by atoms with van der Waals surface area (Å²) in [6.45, 7) is 2.18.